The zero-order chi connectivity index (χ0) is 16.7. The van der Waals surface area contributed by atoms with Crippen LogP contribution >= 0.6 is 0 Å². The van der Waals surface area contributed by atoms with Crippen molar-refractivity contribution in [2.75, 3.05) is 0 Å². The molecule has 1 amide bonds. The number of pyridine rings is 1. The Morgan fingerprint density at radius 3 is 3.12 bits per heavy atom. The Balaban J connectivity index is 1.60. The van der Waals surface area contributed by atoms with Gasteiger partial charge in [-0.05, 0) is 31.9 Å². The Bertz CT molecular complexity index is 923. The Kier molecular flexibility index (Phi) is 3.57. The van der Waals surface area contributed by atoms with Gasteiger partial charge < -0.3 is 15.5 Å². The minimum absolute atomic E-state index is 0.108. The molecular weight excluding hydrogens is 304 g/mol. The van der Waals surface area contributed by atoms with Crippen molar-refractivity contribution in [2.24, 2.45) is 5.73 Å². The van der Waals surface area contributed by atoms with Crippen molar-refractivity contribution in [2.45, 2.75) is 39.4 Å². The standard InChI is InChI=1S/C17H20N6O/c1-11-14(22-7-3-2-6-15(22)20-11)10-19-17(24)16-12(9-18)21-23-8-4-5-13(16)23/h2-3,6-7H,4-5,8-10,18H2,1H3,(H,19,24). The number of carbonyl (C=O) groups excluding carboxylic acids is 1. The normalized spacial score (nSPS) is 13.4. The predicted octanol–water partition coefficient (Wildman–Crippen LogP) is 1.17. The monoisotopic (exact) mass is 324 g/mol. The molecule has 7 nitrogen and oxygen atoms in total. The van der Waals surface area contributed by atoms with Gasteiger partial charge in [0.1, 0.15) is 5.65 Å². The molecule has 1 aliphatic heterocycles. The molecule has 24 heavy (non-hydrogen) atoms. The molecule has 3 aromatic rings. The number of rotatable bonds is 4. The molecule has 0 aliphatic carbocycles. The van der Waals surface area contributed by atoms with E-state index in [1.165, 1.54) is 0 Å². The zero-order valence-corrected chi connectivity index (χ0v) is 13.6. The van der Waals surface area contributed by atoms with Crippen LogP contribution in [0.1, 0.15) is 39.6 Å². The second kappa shape index (κ2) is 5.76. The first kappa shape index (κ1) is 14.9. The van der Waals surface area contributed by atoms with E-state index in [9.17, 15) is 4.79 Å². The molecule has 0 saturated carbocycles. The highest BCUT2D eigenvalue weighted by atomic mass is 16.1. The molecule has 0 aromatic carbocycles. The quantitative estimate of drug-likeness (QED) is 0.754. The summed E-state index contributed by atoms with van der Waals surface area (Å²) in [5.74, 6) is -0.108. The fourth-order valence-electron chi connectivity index (χ4n) is 3.42. The van der Waals surface area contributed by atoms with Crippen LogP contribution in [-0.4, -0.2) is 25.1 Å². The summed E-state index contributed by atoms with van der Waals surface area (Å²) in [6.07, 6.45) is 3.87. The van der Waals surface area contributed by atoms with Crippen molar-refractivity contribution < 1.29 is 4.79 Å². The Hall–Kier alpha value is -2.67. The molecule has 0 unspecified atom stereocenters. The molecule has 0 atom stereocenters. The first-order valence-corrected chi connectivity index (χ1v) is 8.18. The molecule has 0 spiro atoms. The second-order valence-corrected chi connectivity index (χ2v) is 6.05. The summed E-state index contributed by atoms with van der Waals surface area (Å²) in [4.78, 5) is 17.3. The molecule has 0 radical (unpaired) electrons. The number of carbonyl (C=O) groups is 1. The van der Waals surface area contributed by atoms with E-state index in [1.807, 2.05) is 40.4 Å². The molecule has 4 heterocycles. The number of fused-ring (bicyclic) bond motifs is 2. The summed E-state index contributed by atoms with van der Waals surface area (Å²) in [5, 5.41) is 7.47. The maximum absolute atomic E-state index is 12.7. The Morgan fingerprint density at radius 1 is 1.42 bits per heavy atom. The van der Waals surface area contributed by atoms with Crippen LogP contribution in [0.3, 0.4) is 0 Å². The third-order valence-electron chi connectivity index (χ3n) is 4.58. The summed E-state index contributed by atoms with van der Waals surface area (Å²) in [6.45, 7) is 3.52. The second-order valence-electron chi connectivity index (χ2n) is 6.05. The third-order valence-corrected chi connectivity index (χ3v) is 4.58. The number of aromatic nitrogens is 4. The van der Waals surface area contributed by atoms with Crippen LogP contribution in [0.5, 0.6) is 0 Å². The molecule has 4 rings (SSSR count). The van der Waals surface area contributed by atoms with E-state index < -0.39 is 0 Å². The molecular formula is C17H20N6O. The topological polar surface area (TPSA) is 90.2 Å². The zero-order valence-electron chi connectivity index (χ0n) is 13.6. The summed E-state index contributed by atoms with van der Waals surface area (Å²) >= 11 is 0. The van der Waals surface area contributed by atoms with Crippen molar-refractivity contribution in [3.63, 3.8) is 0 Å². The van der Waals surface area contributed by atoms with Gasteiger partial charge in [-0.15, -0.1) is 0 Å². The average Bonchev–Trinajstić information content (AvgIpc) is 3.24. The largest absolute Gasteiger partial charge is 0.346 e. The van der Waals surface area contributed by atoms with Crippen LogP contribution in [0.2, 0.25) is 0 Å². The molecule has 0 saturated heterocycles. The summed E-state index contributed by atoms with van der Waals surface area (Å²) in [5.41, 5.74) is 10.9. The van der Waals surface area contributed by atoms with E-state index in [0.29, 0.717) is 17.8 Å². The molecule has 0 bridgehead atoms. The van der Waals surface area contributed by atoms with E-state index in [-0.39, 0.29) is 12.5 Å². The lowest BCUT2D eigenvalue weighted by Crippen LogP contribution is -2.26. The van der Waals surface area contributed by atoms with Crippen LogP contribution in [0.15, 0.2) is 24.4 Å². The maximum Gasteiger partial charge on any atom is 0.255 e. The highest BCUT2D eigenvalue weighted by Crippen LogP contribution is 2.22. The first-order valence-electron chi connectivity index (χ1n) is 8.18. The highest BCUT2D eigenvalue weighted by molar-refractivity contribution is 5.96. The third kappa shape index (κ3) is 2.28. The first-order chi connectivity index (χ1) is 11.7. The van der Waals surface area contributed by atoms with E-state index in [4.69, 9.17) is 5.73 Å². The van der Waals surface area contributed by atoms with Gasteiger partial charge in [0.15, 0.2) is 0 Å². The summed E-state index contributed by atoms with van der Waals surface area (Å²) < 4.78 is 3.92. The summed E-state index contributed by atoms with van der Waals surface area (Å²) in [6, 6.07) is 5.86. The number of amides is 1. The molecule has 3 aromatic heterocycles. The van der Waals surface area contributed by atoms with E-state index in [0.717, 1.165) is 42.1 Å². The van der Waals surface area contributed by atoms with Crippen LogP contribution in [0, 0.1) is 6.92 Å². The van der Waals surface area contributed by atoms with Gasteiger partial charge in [-0.3, -0.25) is 9.48 Å². The van der Waals surface area contributed by atoms with Gasteiger partial charge in [0, 0.05) is 19.3 Å². The molecule has 3 N–H and O–H groups in total. The van der Waals surface area contributed by atoms with Gasteiger partial charge in [0.25, 0.3) is 5.91 Å². The fraction of sp³-hybridized carbons (Fsp3) is 0.353. The number of nitrogens with one attached hydrogen (secondary N) is 1. The smallest absolute Gasteiger partial charge is 0.255 e. The van der Waals surface area contributed by atoms with Crippen LogP contribution < -0.4 is 11.1 Å². The number of nitrogens with zero attached hydrogens (tertiary/aromatic N) is 4. The molecule has 124 valence electrons. The van der Waals surface area contributed by atoms with Gasteiger partial charge in [-0.2, -0.15) is 5.10 Å². The molecule has 0 fully saturated rings. The number of imidazole rings is 1. The molecule has 1 aliphatic rings. The lowest BCUT2D eigenvalue weighted by molar-refractivity contribution is 0.0948. The average molecular weight is 324 g/mol. The lowest BCUT2D eigenvalue weighted by atomic mass is 10.1. The van der Waals surface area contributed by atoms with Crippen molar-refractivity contribution in [3.05, 3.63) is 52.7 Å². The minimum atomic E-state index is -0.108. The predicted molar refractivity (Wildman–Crippen MR) is 89.5 cm³/mol. The maximum atomic E-state index is 12.7. The van der Waals surface area contributed by atoms with Gasteiger partial charge in [-0.25, -0.2) is 4.98 Å². The number of nitrogens with two attached hydrogens (primary N) is 1. The number of hydrogen-bond donors (Lipinski definition) is 2. The van der Waals surface area contributed by atoms with Crippen molar-refractivity contribution >= 4 is 11.6 Å². The molecule has 7 heteroatoms. The van der Waals surface area contributed by atoms with E-state index in [2.05, 4.69) is 15.4 Å². The van der Waals surface area contributed by atoms with Gasteiger partial charge in [0.2, 0.25) is 0 Å². The Morgan fingerprint density at radius 2 is 2.29 bits per heavy atom. The van der Waals surface area contributed by atoms with Crippen LogP contribution in [0.4, 0.5) is 0 Å². The van der Waals surface area contributed by atoms with E-state index >= 15 is 0 Å². The Labute approximate surface area is 139 Å². The van der Waals surface area contributed by atoms with Crippen LogP contribution in [0.25, 0.3) is 5.65 Å². The van der Waals surface area contributed by atoms with Crippen LogP contribution in [-0.2, 0) is 26.1 Å². The SMILES string of the molecule is Cc1nc2ccccn2c1CNC(=O)c1c(CN)nn2c1CCC2. The van der Waals surface area contributed by atoms with Gasteiger partial charge in [-0.1, -0.05) is 6.07 Å². The fourth-order valence-corrected chi connectivity index (χ4v) is 3.42. The lowest BCUT2D eigenvalue weighted by Gasteiger charge is -2.07. The minimum Gasteiger partial charge on any atom is -0.346 e. The number of hydrogen-bond acceptors (Lipinski definition) is 4. The summed E-state index contributed by atoms with van der Waals surface area (Å²) in [7, 11) is 0. The van der Waals surface area contributed by atoms with Gasteiger partial charge >= 0.3 is 0 Å². The van der Waals surface area contributed by atoms with Crippen molar-refractivity contribution in [1.29, 1.82) is 0 Å². The van der Waals surface area contributed by atoms with Gasteiger partial charge in [0.05, 0.1) is 34.9 Å². The van der Waals surface area contributed by atoms with Crippen molar-refractivity contribution in [3.8, 4) is 0 Å². The van der Waals surface area contributed by atoms with Crippen molar-refractivity contribution in [1.82, 2.24) is 24.5 Å². The van der Waals surface area contributed by atoms with E-state index in [1.54, 1.807) is 0 Å². The highest BCUT2D eigenvalue weighted by Gasteiger charge is 2.25. The number of aryl methyl sites for hydroxylation is 2.